The third-order valence-electron chi connectivity index (χ3n) is 5.46. The maximum absolute atomic E-state index is 12.4. The molecule has 29 heavy (non-hydrogen) atoms. The molecule has 0 bridgehead atoms. The van der Waals surface area contributed by atoms with E-state index >= 15 is 0 Å². The van der Waals surface area contributed by atoms with E-state index in [9.17, 15) is 13.2 Å². The SMILES string of the molecule is Cc1cccc(N(CCCC(=O)N[C@H](C)c2ccc3c(c2)CCC3)S(C)(=O)=O)c1. The molecule has 0 radical (unpaired) electrons. The number of benzene rings is 2. The molecule has 1 aliphatic carbocycles. The van der Waals surface area contributed by atoms with Gasteiger partial charge in [0.15, 0.2) is 0 Å². The standard InChI is InChI=1S/C23H30N2O3S/c1-17-7-4-10-22(15-17)25(29(3,27)28)14-6-11-23(26)24-18(2)20-13-12-19-8-5-9-21(19)16-20/h4,7,10,12-13,15-16,18H,5-6,8-9,11,14H2,1-3H3,(H,24,26)/t18-/m1/s1. The summed E-state index contributed by atoms with van der Waals surface area (Å²) in [4.78, 5) is 12.4. The molecule has 156 valence electrons. The fourth-order valence-corrected chi connectivity index (χ4v) is 4.87. The molecule has 0 heterocycles. The van der Waals surface area contributed by atoms with Crippen LogP contribution in [-0.4, -0.2) is 27.1 Å². The Morgan fingerprint density at radius 3 is 2.62 bits per heavy atom. The highest BCUT2D eigenvalue weighted by atomic mass is 32.2. The van der Waals surface area contributed by atoms with Crippen LogP contribution in [0.2, 0.25) is 0 Å². The number of anilines is 1. The van der Waals surface area contributed by atoms with Crippen LogP contribution in [0.5, 0.6) is 0 Å². The van der Waals surface area contributed by atoms with E-state index in [0.717, 1.165) is 24.0 Å². The summed E-state index contributed by atoms with van der Waals surface area (Å²) >= 11 is 0. The molecule has 0 aliphatic heterocycles. The van der Waals surface area contributed by atoms with Gasteiger partial charge in [-0.05, 0) is 73.9 Å². The lowest BCUT2D eigenvalue weighted by molar-refractivity contribution is -0.121. The Morgan fingerprint density at radius 2 is 1.90 bits per heavy atom. The highest BCUT2D eigenvalue weighted by Gasteiger charge is 2.19. The molecule has 0 saturated heterocycles. The van der Waals surface area contributed by atoms with Crippen LogP contribution in [0.1, 0.15) is 54.5 Å². The van der Waals surface area contributed by atoms with Crippen LogP contribution in [-0.2, 0) is 27.7 Å². The van der Waals surface area contributed by atoms with Crippen molar-refractivity contribution in [1.82, 2.24) is 5.32 Å². The van der Waals surface area contributed by atoms with Crippen molar-refractivity contribution in [2.45, 2.75) is 52.0 Å². The van der Waals surface area contributed by atoms with Crippen LogP contribution in [0.15, 0.2) is 42.5 Å². The number of fused-ring (bicyclic) bond motifs is 1. The zero-order valence-electron chi connectivity index (χ0n) is 17.4. The Balaban J connectivity index is 1.55. The highest BCUT2D eigenvalue weighted by Crippen LogP contribution is 2.25. The molecule has 6 heteroatoms. The molecule has 1 atom stereocenters. The Morgan fingerprint density at radius 1 is 1.14 bits per heavy atom. The molecular formula is C23H30N2O3S. The van der Waals surface area contributed by atoms with Crippen molar-refractivity contribution in [2.24, 2.45) is 0 Å². The van der Waals surface area contributed by atoms with E-state index in [0.29, 0.717) is 12.1 Å². The van der Waals surface area contributed by atoms with Crippen LogP contribution in [0.3, 0.4) is 0 Å². The van der Waals surface area contributed by atoms with Crippen molar-refractivity contribution < 1.29 is 13.2 Å². The van der Waals surface area contributed by atoms with Crippen LogP contribution < -0.4 is 9.62 Å². The van der Waals surface area contributed by atoms with Crippen molar-refractivity contribution in [1.29, 1.82) is 0 Å². The smallest absolute Gasteiger partial charge is 0.232 e. The minimum absolute atomic E-state index is 0.0591. The maximum atomic E-state index is 12.4. The summed E-state index contributed by atoms with van der Waals surface area (Å²) in [7, 11) is -3.40. The van der Waals surface area contributed by atoms with Gasteiger partial charge in [0, 0.05) is 13.0 Å². The van der Waals surface area contributed by atoms with Crippen LogP contribution in [0.4, 0.5) is 5.69 Å². The molecule has 0 spiro atoms. The summed E-state index contributed by atoms with van der Waals surface area (Å²) in [6.45, 7) is 4.20. The van der Waals surface area contributed by atoms with E-state index in [1.54, 1.807) is 6.07 Å². The van der Waals surface area contributed by atoms with Crippen LogP contribution >= 0.6 is 0 Å². The number of hydrogen-bond donors (Lipinski definition) is 1. The second-order valence-corrected chi connectivity index (χ2v) is 9.86. The lowest BCUT2D eigenvalue weighted by Crippen LogP contribution is -2.32. The van der Waals surface area contributed by atoms with Gasteiger partial charge < -0.3 is 5.32 Å². The van der Waals surface area contributed by atoms with Gasteiger partial charge in [-0.3, -0.25) is 9.10 Å². The molecule has 0 fully saturated rings. The molecule has 1 aliphatic rings. The first-order valence-corrected chi connectivity index (χ1v) is 12.0. The summed E-state index contributed by atoms with van der Waals surface area (Å²) in [6, 6.07) is 13.8. The number of hydrogen-bond acceptors (Lipinski definition) is 3. The number of nitrogens with zero attached hydrogens (tertiary/aromatic N) is 1. The van der Waals surface area contributed by atoms with E-state index < -0.39 is 10.0 Å². The molecular weight excluding hydrogens is 384 g/mol. The third kappa shape index (κ3) is 5.60. The van der Waals surface area contributed by atoms with Crippen LogP contribution in [0, 0.1) is 6.92 Å². The fraction of sp³-hybridized carbons (Fsp3) is 0.435. The summed E-state index contributed by atoms with van der Waals surface area (Å²) < 4.78 is 25.8. The largest absolute Gasteiger partial charge is 0.350 e. The molecule has 2 aromatic rings. The summed E-state index contributed by atoms with van der Waals surface area (Å²) in [6.07, 6.45) is 5.41. The van der Waals surface area contributed by atoms with Crippen molar-refractivity contribution >= 4 is 21.6 Å². The molecule has 2 aromatic carbocycles. The lowest BCUT2D eigenvalue weighted by atomic mass is 10.0. The van der Waals surface area contributed by atoms with Crippen molar-refractivity contribution in [2.75, 3.05) is 17.1 Å². The quantitative estimate of drug-likeness (QED) is 0.712. The number of carbonyl (C=O) groups is 1. The van der Waals surface area contributed by atoms with E-state index in [2.05, 4.69) is 23.5 Å². The summed E-state index contributed by atoms with van der Waals surface area (Å²) in [5.41, 5.74) is 5.57. The second kappa shape index (κ2) is 8.99. The minimum Gasteiger partial charge on any atom is -0.350 e. The first-order valence-electron chi connectivity index (χ1n) is 10.2. The zero-order chi connectivity index (χ0) is 21.0. The molecule has 1 amide bonds. The average Bonchev–Trinajstić information content (AvgIpc) is 3.12. The van der Waals surface area contributed by atoms with Gasteiger partial charge in [-0.25, -0.2) is 8.42 Å². The predicted molar refractivity (Wildman–Crippen MR) is 118 cm³/mol. The predicted octanol–water partition coefficient (Wildman–Crippen LogP) is 3.91. The number of nitrogens with one attached hydrogen (secondary N) is 1. The molecule has 0 saturated carbocycles. The molecule has 0 aromatic heterocycles. The zero-order valence-corrected chi connectivity index (χ0v) is 18.3. The van der Waals surface area contributed by atoms with Crippen molar-refractivity contribution in [3.8, 4) is 0 Å². The number of rotatable bonds is 8. The van der Waals surface area contributed by atoms with E-state index in [-0.39, 0.29) is 24.9 Å². The number of amides is 1. The molecule has 0 unspecified atom stereocenters. The van der Waals surface area contributed by atoms with Gasteiger partial charge in [0.1, 0.15) is 0 Å². The van der Waals surface area contributed by atoms with Crippen LogP contribution in [0.25, 0.3) is 0 Å². The Bertz CT molecular complexity index is 985. The van der Waals surface area contributed by atoms with Gasteiger partial charge in [0.25, 0.3) is 0 Å². The number of carbonyl (C=O) groups excluding carboxylic acids is 1. The summed E-state index contributed by atoms with van der Waals surface area (Å²) in [5.74, 6) is -0.0595. The average molecular weight is 415 g/mol. The normalized spacial score (nSPS) is 14.3. The van der Waals surface area contributed by atoms with Gasteiger partial charge in [0.05, 0.1) is 18.0 Å². The summed E-state index contributed by atoms with van der Waals surface area (Å²) in [5, 5.41) is 3.04. The van der Waals surface area contributed by atoms with Gasteiger partial charge in [-0.15, -0.1) is 0 Å². The van der Waals surface area contributed by atoms with Gasteiger partial charge in [-0.2, -0.15) is 0 Å². The second-order valence-electron chi connectivity index (χ2n) is 7.95. The maximum Gasteiger partial charge on any atom is 0.232 e. The monoisotopic (exact) mass is 414 g/mol. The Labute approximate surface area is 174 Å². The first-order chi connectivity index (χ1) is 13.7. The van der Waals surface area contributed by atoms with Gasteiger partial charge in [0.2, 0.25) is 15.9 Å². The molecule has 5 nitrogen and oxygen atoms in total. The highest BCUT2D eigenvalue weighted by molar-refractivity contribution is 7.92. The van der Waals surface area contributed by atoms with Crippen molar-refractivity contribution in [3.05, 3.63) is 64.7 Å². The van der Waals surface area contributed by atoms with Gasteiger partial charge >= 0.3 is 0 Å². The van der Waals surface area contributed by atoms with Crippen molar-refractivity contribution in [3.63, 3.8) is 0 Å². The van der Waals surface area contributed by atoms with Gasteiger partial charge in [-0.1, -0.05) is 30.3 Å². The van der Waals surface area contributed by atoms with E-state index in [1.165, 1.54) is 28.1 Å². The fourth-order valence-electron chi connectivity index (χ4n) is 3.91. The first kappa shape index (κ1) is 21.4. The Hall–Kier alpha value is -2.34. The third-order valence-corrected chi connectivity index (χ3v) is 6.65. The van der Waals surface area contributed by atoms with E-state index in [4.69, 9.17) is 0 Å². The number of sulfonamides is 1. The molecule has 3 rings (SSSR count). The Kier molecular flexibility index (Phi) is 6.63. The number of aryl methyl sites for hydroxylation is 3. The minimum atomic E-state index is -3.40. The topological polar surface area (TPSA) is 66.5 Å². The lowest BCUT2D eigenvalue weighted by Gasteiger charge is -2.23. The van der Waals surface area contributed by atoms with E-state index in [1.807, 2.05) is 32.0 Å². The molecule has 1 N–H and O–H groups in total.